The maximum Gasteiger partial charge on any atom is 0.0874 e. The lowest BCUT2D eigenvalue weighted by Crippen LogP contribution is -2.67. The Labute approximate surface area is 129 Å². The van der Waals surface area contributed by atoms with E-state index in [4.69, 9.17) is 0 Å². The molecule has 5 fully saturated rings. The van der Waals surface area contributed by atoms with Crippen molar-refractivity contribution < 1.29 is 0 Å². The van der Waals surface area contributed by atoms with Crippen molar-refractivity contribution in [1.82, 2.24) is 0 Å². The Morgan fingerprint density at radius 2 is 1.19 bits per heavy atom. The van der Waals surface area contributed by atoms with E-state index in [1.54, 1.807) is 0 Å². The highest BCUT2D eigenvalue weighted by Crippen LogP contribution is 2.90. The maximum absolute atomic E-state index is 3.93. The second kappa shape index (κ2) is 2.69. The van der Waals surface area contributed by atoms with Crippen LogP contribution in [0.2, 0.25) is 0 Å². The minimum atomic E-state index is 0.270. The van der Waals surface area contributed by atoms with Gasteiger partial charge in [0.05, 0.1) is 6.47 Å². The molecule has 88 valence electrons. The van der Waals surface area contributed by atoms with E-state index in [1.807, 2.05) is 0 Å². The summed E-state index contributed by atoms with van der Waals surface area (Å²) < 4.78 is 0.609. The quantitative estimate of drug-likeness (QED) is 0.444. The second-order valence-corrected chi connectivity index (χ2v) is 14.4. The molecule has 5 rings (SSSR count). The Morgan fingerprint density at radius 3 is 1.69 bits per heavy atom. The molecule has 0 aliphatic heterocycles. The number of hydrogen-bond donors (Lipinski definition) is 0. The van der Waals surface area contributed by atoms with Crippen molar-refractivity contribution in [3.63, 3.8) is 0 Å². The van der Waals surface area contributed by atoms with Crippen molar-refractivity contribution in [1.29, 1.82) is 0 Å². The van der Waals surface area contributed by atoms with E-state index in [0.717, 1.165) is 47.3 Å². The molecular weight excluding hydrogens is 464 g/mol. The third-order valence-corrected chi connectivity index (χ3v) is 9.79. The molecule has 6 unspecified atom stereocenters. The Bertz CT molecular complexity index is 370. The Balaban J connectivity index is 1.58. The first-order chi connectivity index (χ1) is 7.43. The lowest BCUT2D eigenvalue weighted by Gasteiger charge is -2.71. The maximum atomic E-state index is 3.93. The molecule has 5 saturated carbocycles. The molecule has 0 aromatic heterocycles. The highest BCUT2D eigenvalue weighted by molar-refractivity contribution is 9.25. The molecule has 0 spiro atoms. The zero-order chi connectivity index (χ0) is 11.0. The standard InChI is InChI=1S/C12H12Br4/c13-11(14)1-3-5-4(2-11)7-8(5)6(3)9-10(7)12(9,15)16/h3-10H,1-2H2. The van der Waals surface area contributed by atoms with Gasteiger partial charge < -0.3 is 0 Å². The molecular formula is C12H12Br4. The normalized spacial score (nSPS) is 69.8. The van der Waals surface area contributed by atoms with Crippen LogP contribution in [-0.4, -0.2) is 6.47 Å². The monoisotopic (exact) mass is 472 g/mol. The van der Waals surface area contributed by atoms with Crippen LogP contribution < -0.4 is 0 Å². The second-order valence-electron chi connectivity index (χ2n) is 6.63. The first kappa shape index (κ1) is 10.7. The zero-order valence-corrected chi connectivity index (χ0v) is 14.9. The van der Waals surface area contributed by atoms with Gasteiger partial charge in [0.1, 0.15) is 0 Å². The summed E-state index contributed by atoms with van der Waals surface area (Å²) in [5.74, 6) is 8.21. The first-order valence-corrected chi connectivity index (χ1v) is 9.36. The fraction of sp³-hybridized carbons (Fsp3) is 1.00. The largest absolute Gasteiger partial charge is 0.0874 e. The Morgan fingerprint density at radius 1 is 0.688 bits per heavy atom. The predicted octanol–water partition coefficient (Wildman–Crippen LogP) is 4.74. The summed E-state index contributed by atoms with van der Waals surface area (Å²) in [5, 5.41) is 0. The third-order valence-electron chi connectivity index (χ3n) is 6.38. The van der Waals surface area contributed by atoms with E-state index in [0.29, 0.717) is 3.23 Å². The summed E-state index contributed by atoms with van der Waals surface area (Å²) in [5.41, 5.74) is 0. The average Bonchev–Trinajstić information content (AvgIpc) is 2.58. The minimum Gasteiger partial charge on any atom is -0.0727 e. The fourth-order valence-corrected chi connectivity index (χ4v) is 9.74. The molecule has 0 amide bonds. The van der Waals surface area contributed by atoms with E-state index in [1.165, 1.54) is 12.8 Å². The van der Waals surface area contributed by atoms with E-state index < -0.39 is 0 Å². The van der Waals surface area contributed by atoms with Crippen LogP contribution in [0.1, 0.15) is 12.8 Å². The lowest BCUT2D eigenvalue weighted by atomic mass is 9.36. The highest BCUT2D eigenvalue weighted by atomic mass is 79.9. The van der Waals surface area contributed by atoms with Gasteiger partial charge >= 0.3 is 0 Å². The van der Waals surface area contributed by atoms with Crippen molar-refractivity contribution >= 4 is 63.7 Å². The van der Waals surface area contributed by atoms with Gasteiger partial charge in [-0.1, -0.05) is 63.7 Å². The summed E-state index contributed by atoms with van der Waals surface area (Å²) >= 11 is 15.6. The van der Waals surface area contributed by atoms with Crippen LogP contribution in [0.25, 0.3) is 0 Å². The molecule has 5 aliphatic rings. The Kier molecular flexibility index (Phi) is 1.80. The summed E-state index contributed by atoms with van der Waals surface area (Å²) in [6, 6.07) is 0. The Hall–Kier alpha value is 1.92. The van der Waals surface area contributed by atoms with Crippen LogP contribution in [0.15, 0.2) is 0 Å². The SMILES string of the molecule is BrC1(Br)CC2C3C(C1)C1C3C2C2C1C2(Br)Br. The summed E-state index contributed by atoms with van der Waals surface area (Å²) in [4.78, 5) is 0. The van der Waals surface area contributed by atoms with Crippen LogP contribution in [0.4, 0.5) is 0 Å². The number of hydrogen-bond acceptors (Lipinski definition) is 0. The molecule has 0 nitrogen and oxygen atoms in total. The van der Waals surface area contributed by atoms with Crippen LogP contribution >= 0.6 is 63.7 Å². The highest BCUT2D eigenvalue weighted by Gasteiger charge is 2.87. The topological polar surface area (TPSA) is 0 Å². The molecule has 6 atom stereocenters. The molecule has 4 heteroatoms. The van der Waals surface area contributed by atoms with E-state index in [2.05, 4.69) is 63.7 Å². The van der Waals surface area contributed by atoms with Crippen LogP contribution in [0.5, 0.6) is 0 Å². The third kappa shape index (κ3) is 0.924. The van der Waals surface area contributed by atoms with Gasteiger partial charge in [0.2, 0.25) is 0 Å². The fourth-order valence-electron chi connectivity index (χ4n) is 6.15. The van der Waals surface area contributed by atoms with Gasteiger partial charge in [0, 0.05) is 0 Å². The molecule has 16 heavy (non-hydrogen) atoms. The molecule has 0 saturated heterocycles. The van der Waals surface area contributed by atoms with E-state index in [9.17, 15) is 0 Å². The summed E-state index contributed by atoms with van der Waals surface area (Å²) in [7, 11) is 0. The van der Waals surface area contributed by atoms with Gasteiger partial charge in [-0.25, -0.2) is 0 Å². The summed E-state index contributed by atoms with van der Waals surface area (Å²) in [6.45, 7) is 0. The molecule has 0 aromatic carbocycles. The van der Waals surface area contributed by atoms with E-state index in [-0.39, 0.29) is 3.23 Å². The molecule has 0 heterocycles. The smallest absolute Gasteiger partial charge is 0.0727 e. The van der Waals surface area contributed by atoms with Crippen LogP contribution in [0, 0.1) is 47.3 Å². The van der Waals surface area contributed by atoms with Gasteiger partial charge in [-0.15, -0.1) is 0 Å². The van der Waals surface area contributed by atoms with Crippen molar-refractivity contribution in [2.24, 2.45) is 47.3 Å². The molecule has 5 aliphatic carbocycles. The number of alkyl halides is 4. The number of halogens is 4. The predicted molar refractivity (Wildman–Crippen MR) is 78.3 cm³/mol. The molecule has 0 bridgehead atoms. The van der Waals surface area contributed by atoms with Gasteiger partial charge in [-0.2, -0.15) is 0 Å². The van der Waals surface area contributed by atoms with Crippen LogP contribution in [-0.2, 0) is 0 Å². The van der Waals surface area contributed by atoms with Gasteiger partial charge in [-0.3, -0.25) is 0 Å². The molecule has 0 radical (unpaired) electrons. The van der Waals surface area contributed by atoms with Gasteiger partial charge in [0.15, 0.2) is 0 Å². The van der Waals surface area contributed by atoms with Crippen molar-refractivity contribution in [3.05, 3.63) is 0 Å². The van der Waals surface area contributed by atoms with Gasteiger partial charge in [-0.05, 0) is 60.2 Å². The van der Waals surface area contributed by atoms with Gasteiger partial charge in [0.25, 0.3) is 0 Å². The number of fused-ring (bicyclic) bond motifs is 5. The average molecular weight is 476 g/mol. The van der Waals surface area contributed by atoms with Crippen molar-refractivity contribution in [3.8, 4) is 0 Å². The minimum absolute atomic E-state index is 0.270. The molecule has 0 N–H and O–H groups in total. The first-order valence-electron chi connectivity index (χ1n) is 6.19. The van der Waals surface area contributed by atoms with Crippen molar-refractivity contribution in [2.75, 3.05) is 0 Å². The zero-order valence-electron chi connectivity index (χ0n) is 8.54. The molecule has 0 aromatic rings. The summed E-state index contributed by atoms with van der Waals surface area (Å²) in [6.07, 6.45) is 2.70. The van der Waals surface area contributed by atoms with Crippen LogP contribution in [0.3, 0.4) is 0 Å². The number of rotatable bonds is 0. The lowest BCUT2D eigenvalue weighted by molar-refractivity contribution is -0.209. The van der Waals surface area contributed by atoms with Crippen molar-refractivity contribution in [2.45, 2.75) is 19.3 Å². The van der Waals surface area contributed by atoms with E-state index >= 15 is 0 Å².